The summed E-state index contributed by atoms with van der Waals surface area (Å²) < 4.78 is 32.6. The van der Waals surface area contributed by atoms with Crippen LogP contribution in [0.1, 0.15) is 27.0 Å². The zero-order chi connectivity index (χ0) is 17.6. The number of phenolic OH excluding ortho intramolecular Hbond substituents is 1. The van der Waals surface area contributed by atoms with Crippen LogP contribution < -0.4 is 5.73 Å². The molecule has 4 N–H and O–H groups in total. The first-order chi connectivity index (χ1) is 11.3. The van der Waals surface area contributed by atoms with Crippen molar-refractivity contribution >= 4 is 33.5 Å². The first kappa shape index (κ1) is 15.9. The molecule has 0 heterocycles. The number of hydrogen-bond acceptors (Lipinski definition) is 5. The van der Waals surface area contributed by atoms with Crippen molar-refractivity contribution in [2.24, 2.45) is 10.7 Å². The van der Waals surface area contributed by atoms with Gasteiger partial charge in [0.05, 0.1) is 17.6 Å². The maximum absolute atomic E-state index is 12.7. The Labute approximate surface area is 137 Å². The minimum absolute atomic E-state index is 0.0213. The zero-order valence-corrected chi connectivity index (χ0v) is 13.0. The molecule has 0 amide bonds. The highest BCUT2D eigenvalue weighted by Gasteiger charge is 2.34. The number of aromatic hydroxyl groups is 1. The number of phenols is 1. The summed E-state index contributed by atoms with van der Waals surface area (Å²) in [5.74, 6) is -1.09. The molecule has 3 rings (SSSR count). The molecule has 0 saturated heterocycles. The van der Waals surface area contributed by atoms with E-state index >= 15 is 0 Å². The average molecular weight is 344 g/mol. The predicted octanol–water partition coefficient (Wildman–Crippen LogP) is 1.86. The SMILES string of the molecule is C=C1c2ccccc2C(=O)c2c(O)cc(S(=O)(=O)O)c(N=CN)c21. The van der Waals surface area contributed by atoms with Crippen molar-refractivity contribution in [2.45, 2.75) is 4.90 Å². The van der Waals surface area contributed by atoms with E-state index in [-0.39, 0.29) is 16.8 Å². The van der Waals surface area contributed by atoms with E-state index in [9.17, 15) is 22.9 Å². The second-order valence-electron chi connectivity index (χ2n) is 5.10. The van der Waals surface area contributed by atoms with Gasteiger partial charge in [0.25, 0.3) is 10.1 Å². The molecular formula is C16H12N2O5S. The fourth-order valence-corrected chi connectivity index (χ4v) is 3.43. The Morgan fingerprint density at radius 3 is 2.38 bits per heavy atom. The molecule has 8 heteroatoms. The third-order valence-electron chi connectivity index (χ3n) is 3.75. The minimum Gasteiger partial charge on any atom is -0.507 e. The summed E-state index contributed by atoms with van der Waals surface area (Å²) in [4.78, 5) is 15.8. The van der Waals surface area contributed by atoms with Crippen LogP contribution in [0.5, 0.6) is 5.75 Å². The monoisotopic (exact) mass is 344 g/mol. The number of nitrogens with two attached hydrogens (primary N) is 1. The van der Waals surface area contributed by atoms with E-state index < -0.39 is 26.5 Å². The first-order valence-corrected chi connectivity index (χ1v) is 8.16. The number of fused-ring (bicyclic) bond motifs is 2. The fourth-order valence-electron chi connectivity index (χ4n) is 2.77. The van der Waals surface area contributed by atoms with Crippen LogP contribution in [-0.4, -0.2) is 30.2 Å². The lowest BCUT2D eigenvalue weighted by molar-refractivity contribution is 0.103. The van der Waals surface area contributed by atoms with E-state index in [0.717, 1.165) is 12.4 Å². The second-order valence-corrected chi connectivity index (χ2v) is 6.49. The minimum atomic E-state index is -4.71. The molecule has 0 radical (unpaired) electrons. The Morgan fingerprint density at radius 1 is 1.17 bits per heavy atom. The largest absolute Gasteiger partial charge is 0.507 e. The normalized spacial score (nSPS) is 13.9. The second kappa shape index (κ2) is 5.29. The van der Waals surface area contributed by atoms with E-state index in [4.69, 9.17) is 5.73 Å². The van der Waals surface area contributed by atoms with Crippen molar-refractivity contribution in [3.8, 4) is 5.75 Å². The summed E-state index contributed by atoms with van der Waals surface area (Å²) in [7, 11) is -4.71. The van der Waals surface area contributed by atoms with E-state index in [1.165, 1.54) is 0 Å². The van der Waals surface area contributed by atoms with Crippen molar-refractivity contribution in [1.29, 1.82) is 0 Å². The Morgan fingerprint density at radius 2 is 1.79 bits per heavy atom. The number of aliphatic imine (C=N–C) groups is 1. The molecule has 2 aromatic carbocycles. The van der Waals surface area contributed by atoms with Crippen LogP contribution >= 0.6 is 0 Å². The molecule has 0 unspecified atom stereocenters. The van der Waals surface area contributed by atoms with Crippen LogP contribution in [0.25, 0.3) is 5.57 Å². The lowest BCUT2D eigenvalue weighted by Crippen LogP contribution is -2.16. The van der Waals surface area contributed by atoms with Crippen LogP contribution in [0.4, 0.5) is 5.69 Å². The van der Waals surface area contributed by atoms with Crippen LogP contribution in [0.2, 0.25) is 0 Å². The van der Waals surface area contributed by atoms with Gasteiger partial charge < -0.3 is 10.8 Å². The molecule has 24 heavy (non-hydrogen) atoms. The zero-order valence-electron chi connectivity index (χ0n) is 12.2. The lowest BCUT2D eigenvalue weighted by Gasteiger charge is -2.24. The molecule has 1 aliphatic carbocycles. The highest BCUT2D eigenvalue weighted by Crippen LogP contribution is 2.46. The Kier molecular flexibility index (Phi) is 3.51. The van der Waals surface area contributed by atoms with Crippen molar-refractivity contribution in [3.63, 3.8) is 0 Å². The molecule has 0 saturated carbocycles. The van der Waals surface area contributed by atoms with Crippen molar-refractivity contribution in [1.82, 2.24) is 0 Å². The molecular weight excluding hydrogens is 332 g/mol. The number of nitrogens with zero attached hydrogens (tertiary/aromatic N) is 1. The number of rotatable bonds is 2. The molecule has 0 spiro atoms. The van der Waals surface area contributed by atoms with E-state index in [0.29, 0.717) is 16.7 Å². The smallest absolute Gasteiger partial charge is 0.296 e. The molecule has 0 aliphatic heterocycles. The van der Waals surface area contributed by atoms with Gasteiger partial charge in [0.15, 0.2) is 5.78 Å². The molecule has 0 atom stereocenters. The lowest BCUT2D eigenvalue weighted by atomic mass is 9.81. The first-order valence-electron chi connectivity index (χ1n) is 6.72. The number of hydrogen-bond donors (Lipinski definition) is 3. The van der Waals surface area contributed by atoms with Gasteiger partial charge >= 0.3 is 0 Å². The van der Waals surface area contributed by atoms with Gasteiger partial charge in [0.2, 0.25) is 0 Å². The number of benzene rings is 2. The topological polar surface area (TPSA) is 130 Å². The van der Waals surface area contributed by atoms with Gasteiger partial charge in [-0.1, -0.05) is 30.8 Å². The van der Waals surface area contributed by atoms with Gasteiger partial charge in [-0.05, 0) is 11.1 Å². The molecule has 0 fully saturated rings. The quantitative estimate of drug-likeness (QED) is 0.369. The van der Waals surface area contributed by atoms with Crippen LogP contribution in [0.3, 0.4) is 0 Å². The van der Waals surface area contributed by atoms with Crippen LogP contribution in [-0.2, 0) is 10.1 Å². The molecule has 0 bridgehead atoms. The highest BCUT2D eigenvalue weighted by atomic mass is 32.2. The fraction of sp³-hybridized carbons (Fsp3) is 0. The highest BCUT2D eigenvalue weighted by molar-refractivity contribution is 7.86. The summed E-state index contributed by atoms with van der Waals surface area (Å²) >= 11 is 0. The maximum atomic E-state index is 12.7. The maximum Gasteiger partial charge on any atom is 0.296 e. The van der Waals surface area contributed by atoms with Gasteiger partial charge in [-0.3, -0.25) is 9.35 Å². The predicted molar refractivity (Wildman–Crippen MR) is 88.3 cm³/mol. The summed E-state index contributed by atoms with van der Waals surface area (Å²) in [5, 5.41) is 10.2. The van der Waals surface area contributed by atoms with Crippen LogP contribution in [0.15, 0.2) is 46.8 Å². The number of carbonyl (C=O) groups is 1. The van der Waals surface area contributed by atoms with Gasteiger partial charge in [-0.15, -0.1) is 0 Å². The molecule has 7 nitrogen and oxygen atoms in total. The van der Waals surface area contributed by atoms with Gasteiger partial charge in [0.1, 0.15) is 10.6 Å². The van der Waals surface area contributed by atoms with Crippen molar-refractivity contribution in [3.05, 3.63) is 59.2 Å². The summed E-state index contributed by atoms with van der Waals surface area (Å²) in [5.41, 5.74) is 6.01. The van der Waals surface area contributed by atoms with E-state index in [1.54, 1.807) is 24.3 Å². The van der Waals surface area contributed by atoms with Crippen molar-refractivity contribution < 1.29 is 22.9 Å². The van der Waals surface area contributed by atoms with Gasteiger partial charge in [-0.2, -0.15) is 8.42 Å². The Hall–Kier alpha value is -2.97. The molecule has 0 aromatic heterocycles. The van der Waals surface area contributed by atoms with Gasteiger partial charge in [-0.25, -0.2) is 4.99 Å². The Bertz CT molecular complexity index is 1040. The summed E-state index contributed by atoms with van der Waals surface area (Å²) in [6.07, 6.45) is 0.833. The number of carbonyl (C=O) groups excluding carboxylic acids is 1. The third kappa shape index (κ3) is 2.20. The van der Waals surface area contributed by atoms with E-state index in [2.05, 4.69) is 11.6 Å². The molecule has 122 valence electrons. The Balaban J connectivity index is 2.49. The van der Waals surface area contributed by atoms with Crippen LogP contribution in [0, 0.1) is 0 Å². The molecule has 1 aliphatic rings. The summed E-state index contributed by atoms with van der Waals surface area (Å²) in [6.45, 7) is 3.88. The van der Waals surface area contributed by atoms with Crippen molar-refractivity contribution in [2.75, 3.05) is 0 Å². The van der Waals surface area contributed by atoms with E-state index in [1.807, 2.05) is 0 Å². The summed E-state index contributed by atoms with van der Waals surface area (Å²) in [6, 6.07) is 7.35. The molecule has 2 aromatic rings. The average Bonchev–Trinajstić information content (AvgIpc) is 2.53. The number of ketones is 1. The standard InChI is InChI=1S/C16H12N2O5S/c1-8-9-4-2-3-5-10(9)16(20)14-11(19)6-12(24(21,22)23)15(13(8)14)18-7-17/h2-7,19H,1H2,(H2,17,18)(H,21,22,23). The van der Waals surface area contributed by atoms with Gasteiger partial charge in [0, 0.05) is 17.2 Å². The third-order valence-corrected chi connectivity index (χ3v) is 4.62.